The highest BCUT2D eigenvalue weighted by Gasteiger charge is 2.22. The van der Waals surface area contributed by atoms with Gasteiger partial charge in [-0.1, -0.05) is 61.5 Å². The van der Waals surface area contributed by atoms with Gasteiger partial charge < -0.3 is 5.32 Å². The first-order valence-corrected chi connectivity index (χ1v) is 11.6. The maximum Gasteiger partial charge on any atom is 0.294 e. The summed E-state index contributed by atoms with van der Waals surface area (Å²) in [6.45, 7) is 5.39. The molecule has 1 heterocycles. The Balaban J connectivity index is 1.75. The van der Waals surface area contributed by atoms with Crippen LogP contribution in [0.15, 0.2) is 77.6 Å². The number of amides is 2. The molecule has 4 rings (SSSR count). The average molecular weight is 469 g/mol. The van der Waals surface area contributed by atoms with Crippen LogP contribution in [0.4, 0.5) is 11.5 Å². The Kier molecular flexibility index (Phi) is 7.06. The quantitative estimate of drug-likeness (QED) is 0.434. The van der Waals surface area contributed by atoms with Gasteiger partial charge >= 0.3 is 0 Å². The first kappa shape index (κ1) is 23.9. The molecule has 1 N–H and O–H groups in total. The zero-order chi connectivity index (χ0) is 24.9. The number of anilines is 2. The molecular formula is C28H28N4O3. The molecule has 7 nitrogen and oxygen atoms in total. The lowest BCUT2D eigenvalue weighted by atomic mass is 10.1. The van der Waals surface area contributed by atoms with Crippen molar-refractivity contribution in [1.82, 2.24) is 9.55 Å². The molecule has 0 aliphatic rings. The normalized spacial score (nSPS) is 10.8. The van der Waals surface area contributed by atoms with E-state index in [0.29, 0.717) is 11.0 Å². The smallest absolute Gasteiger partial charge is 0.294 e. The number of rotatable bonds is 7. The molecule has 0 bridgehead atoms. The van der Waals surface area contributed by atoms with Crippen LogP contribution in [0.3, 0.4) is 0 Å². The minimum absolute atomic E-state index is 0.00112. The maximum atomic E-state index is 13.6. The fraction of sp³-hybridized carbons (Fsp3) is 0.214. The van der Waals surface area contributed by atoms with E-state index in [0.717, 1.165) is 28.8 Å². The minimum atomic E-state index is -0.494. The maximum absolute atomic E-state index is 13.6. The SMILES string of the molecule is CCc1ccccc1NC(=O)Cn1c(=O)c(N(Cc2ccccc2C)C(C)=O)nc2ccccc21. The zero-order valence-corrected chi connectivity index (χ0v) is 20.1. The predicted molar refractivity (Wildman–Crippen MR) is 138 cm³/mol. The van der Waals surface area contributed by atoms with Gasteiger partial charge in [0.1, 0.15) is 6.54 Å². The number of carbonyl (C=O) groups excluding carboxylic acids is 2. The highest BCUT2D eigenvalue weighted by Crippen LogP contribution is 2.19. The van der Waals surface area contributed by atoms with Gasteiger partial charge in [0.2, 0.25) is 17.6 Å². The van der Waals surface area contributed by atoms with E-state index >= 15 is 0 Å². The monoisotopic (exact) mass is 468 g/mol. The van der Waals surface area contributed by atoms with E-state index in [1.165, 1.54) is 16.4 Å². The van der Waals surface area contributed by atoms with Gasteiger partial charge in [0.25, 0.3) is 5.56 Å². The lowest BCUT2D eigenvalue weighted by Crippen LogP contribution is -2.38. The highest BCUT2D eigenvalue weighted by molar-refractivity contribution is 5.94. The Hall–Kier alpha value is -4.26. The van der Waals surface area contributed by atoms with Gasteiger partial charge in [0.15, 0.2) is 0 Å². The van der Waals surface area contributed by atoms with Crippen LogP contribution < -0.4 is 15.8 Å². The summed E-state index contributed by atoms with van der Waals surface area (Å²) in [5, 5.41) is 2.92. The Morgan fingerprint density at radius 3 is 2.31 bits per heavy atom. The van der Waals surface area contributed by atoms with E-state index in [1.54, 1.807) is 18.2 Å². The van der Waals surface area contributed by atoms with Crippen LogP contribution in [-0.2, 0) is 29.1 Å². The van der Waals surface area contributed by atoms with E-state index in [-0.39, 0.29) is 30.7 Å². The molecule has 0 spiro atoms. The second-order valence-electron chi connectivity index (χ2n) is 8.41. The average Bonchev–Trinajstić information content (AvgIpc) is 2.85. The third-order valence-corrected chi connectivity index (χ3v) is 6.03. The van der Waals surface area contributed by atoms with Crippen LogP contribution in [0.25, 0.3) is 11.0 Å². The molecule has 4 aromatic rings. The lowest BCUT2D eigenvalue weighted by molar-refractivity contribution is -0.117. The van der Waals surface area contributed by atoms with Crippen LogP contribution in [0.1, 0.15) is 30.5 Å². The number of aromatic nitrogens is 2. The van der Waals surface area contributed by atoms with Gasteiger partial charge in [0, 0.05) is 12.6 Å². The van der Waals surface area contributed by atoms with Crippen molar-refractivity contribution >= 4 is 34.4 Å². The van der Waals surface area contributed by atoms with Gasteiger partial charge in [-0.05, 0) is 48.2 Å². The largest absolute Gasteiger partial charge is 0.324 e. The van der Waals surface area contributed by atoms with Crippen LogP contribution >= 0.6 is 0 Å². The van der Waals surface area contributed by atoms with E-state index in [2.05, 4.69) is 10.3 Å². The predicted octanol–water partition coefficient (Wildman–Crippen LogP) is 4.46. The standard InChI is InChI=1S/C28H28N4O3/c1-4-21-12-7-8-14-23(21)29-26(34)18-32-25-16-10-9-15-24(25)30-27(28(32)35)31(20(3)33)17-22-13-6-5-11-19(22)2/h5-16H,4,17-18H2,1-3H3,(H,29,34). The van der Waals surface area contributed by atoms with E-state index in [9.17, 15) is 14.4 Å². The van der Waals surface area contributed by atoms with Gasteiger partial charge in [0.05, 0.1) is 17.6 Å². The van der Waals surface area contributed by atoms with Gasteiger partial charge in [-0.15, -0.1) is 0 Å². The fourth-order valence-electron chi connectivity index (χ4n) is 4.09. The summed E-state index contributed by atoms with van der Waals surface area (Å²) < 4.78 is 1.38. The molecule has 0 aliphatic carbocycles. The summed E-state index contributed by atoms with van der Waals surface area (Å²) in [5.74, 6) is -0.634. The molecule has 178 valence electrons. The van der Waals surface area contributed by atoms with Gasteiger partial charge in [-0.25, -0.2) is 4.98 Å². The summed E-state index contributed by atoms with van der Waals surface area (Å²) in [7, 11) is 0. The van der Waals surface area contributed by atoms with Crippen molar-refractivity contribution in [1.29, 1.82) is 0 Å². The highest BCUT2D eigenvalue weighted by atomic mass is 16.2. The number of para-hydroxylation sites is 3. The number of benzene rings is 3. The summed E-state index contributed by atoms with van der Waals surface area (Å²) in [4.78, 5) is 45.2. The second-order valence-corrected chi connectivity index (χ2v) is 8.41. The molecule has 0 aliphatic heterocycles. The first-order chi connectivity index (χ1) is 16.9. The second kappa shape index (κ2) is 10.3. The minimum Gasteiger partial charge on any atom is -0.324 e. The number of aryl methyl sites for hydroxylation is 2. The third-order valence-electron chi connectivity index (χ3n) is 6.03. The number of carbonyl (C=O) groups is 2. The Bertz CT molecular complexity index is 1460. The van der Waals surface area contributed by atoms with Gasteiger partial charge in [-0.2, -0.15) is 0 Å². The van der Waals surface area contributed by atoms with Crippen molar-refractivity contribution < 1.29 is 9.59 Å². The number of fused-ring (bicyclic) bond motifs is 1. The summed E-state index contributed by atoms with van der Waals surface area (Å²) in [5.41, 5.74) is 4.21. The molecule has 7 heteroatoms. The molecular weight excluding hydrogens is 440 g/mol. The number of hydrogen-bond donors (Lipinski definition) is 1. The van der Waals surface area contributed by atoms with Crippen molar-refractivity contribution in [2.24, 2.45) is 0 Å². The molecule has 3 aromatic carbocycles. The van der Waals surface area contributed by atoms with Crippen molar-refractivity contribution in [3.8, 4) is 0 Å². The number of nitrogens with one attached hydrogen (secondary N) is 1. The van der Waals surface area contributed by atoms with Crippen molar-refractivity contribution in [2.45, 2.75) is 40.3 Å². The molecule has 0 radical (unpaired) electrons. The van der Waals surface area contributed by atoms with Crippen LogP contribution in [-0.4, -0.2) is 21.4 Å². The fourth-order valence-corrected chi connectivity index (χ4v) is 4.09. The van der Waals surface area contributed by atoms with Gasteiger partial charge in [-0.3, -0.25) is 23.9 Å². The molecule has 0 fully saturated rings. The van der Waals surface area contributed by atoms with Crippen LogP contribution in [0.5, 0.6) is 0 Å². The molecule has 2 amide bonds. The van der Waals surface area contributed by atoms with E-state index in [4.69, 9.17) is 0 Å². The Morgan fingerprint density at radius 2 is 1.60 bits per heavy atom. The van der Waals surface area contributed by atoms with E-state index < -0.39 is 5.56 Å². The molecule has 0 atom stereocenters. The molecule has 1 aromatic heterocycles. The third kappa shape index (κ3) is 5.14. The Labute approximate surface area is 204 Å². The van der Waals surface area contributed by atoms with E-state index in [1.807, 2.05) is 68.4 Å². The molecule has 0 saturated carbocycles. The summed E-state index contributed by atoms with van der Waals surface area (Å²) >= 11 is 0. The summed E-state index contributed by atoms with van der Waals surface area (Å²) in [6.07, 6.45) is 0.769. The molecule has 35 heavy (non-hydrogen) atoms. The van der Waals surface area contributed by atoms with Crippen LogP contribution in [0, 0.1) is 6.92 Å². The van der Waals surface area contributed by atoms with Crippen molar-refractivity contribution in [3.63, 3.8) is 0 Å². The van der Waals surface area contributed by atoms with Crippen molar-refractivity contribution in [2.75, 3.05) is 10.2 Å². The lowest BCUT2D eigenvalue weighted by Gasteiger charge is -2.22. The Morgan fingerprint density at radius 1 is 0.943 bits per heavy atom. The molecule has 0 saturated heterocycles. The zero-order valence-electron chi connectivity index (χ0n) is 20.1. The van der Waals surface area contributed by atoms with Crippen molar-refractivity contribution in [3.05, 3.63) is 99.8 Å². The number of nitrogens with zero attached hydrogens (tertiary/aromatic N) is 3. The molecule has 0 unspecified atom stereocenters. The first-order valence-electron chi connectivity index (χ1n) is 11.6. The summed E-state index contributed by atoms with van der Waals surface area (Å²) in [6, 6.07) is 22.4. The van der Waals surface area contributed by atoms with Crippen LogP contribution in [0.2, 0.25) is 0 Å². The topological polar surface area (TPSA) is 84.3 Å². The number of hydrogen-bond acceptors (Lipinski definition) is 4.